The number of hydrogen-bond acceptors (Lipinski definition) is 6. The fourth-order valence-electron chi connectivity index (χ4n) is 2.86. The molecule has 0 aliphatic heterocycles. The smallest absolute Gasteiger partial charge is 0.270 e. The van der Waals surface area contributed by atoms with Crippen LogP contribution in [0, 0.1) is 0 Å². The summed E-state index contributed by atoms with van der Waals surface area (Å²) in [6.45, 7) is 2.09. The highest BCUT2D eigenvalue weighted by atomic mass is 35.5. The largest absolute Gasteiger partial charge is 0.324 e. The minimum Gasteiger partial charge on any atom is -0.324 e. The number of carbonyl (C=O) groups is 1. The standard InChI is InChI=1S/C22H22ClN3O4S2/c1-2-3-6-15-9-11-16(12-10-15)32(29,30)19-13-24-22(26-21(19)28)31-14-20(27)25-18-8-5-4-7-17(18)23/h4-5,7-13H,2-3,6,14H2,1H3,(H,25,27)(H,24,26,28). The number of anilines is 1. The Kier molecular flexibility index (Phi) is 8.11. The van der Waals surface area contributed by atoms with Crippen molar-refractivity contribution < 1.29 is 13.2 Å². The zero-order valence-electron chi connectivity index (χ0n) is 17.3. The molecule has 32 heavy (non-hydrogen) atoms. The number of hydrogen-bond donors (Lipinski definition) is 2. The number of thioether (sulfide) groups is 1. The molecule has 7 nitrogen and oxygen atoms in total. The van der Waals surface area contributed by atoms with E-state index in [1.54, 1.807) is 36.4 Å². The lowest BCUT2D eigenvalue weighted by atomic mass is 10.1. The van der Waals surface area contributed by atoms with Crippen LogP contribution in [0.5, 0.6) is 0 Å². The third kappa shape index (κ3) is 5.99. The first-order chi connectivity index (χ1) is 15.3. The number of amides is 1. The maximum atomic E-state index is 12.8. The van der Waals surface area contributed by atoms with E-state index >= 15 is 0 Å². The molecule has 2 aromatic carbocycles. The maximum Gasteiger partial charge on any atom is 0.270 e. The molecule has 0 spiro atoms. The zero-order valence-corrected chi connectivity index (χ0v) is 19.7. The van der Waals surface area contributed by atoms with Crippen LogP contribution in [0.15, 0.2) is 74.5 Å². The highest BCUT2D eigenvalue weighted by Crippen LogP contribution is 2.22. The number of halogens is 1. The lowest BCUT2D eigenvalue weighted by Crippen LogP contribution is -2.20. The molecule has 0 radical (unpaired) electrons. The molecule has 1 amide bonds. The molecule has 168 valence electrons. The van der Waals surface area contributed by atoms with Crippen molar-refractivity contribution in [3.8, 4) is 0 Å². The third-order valence-electron chi connectivity index (χ3n) is 4.57. The molecule has 0 atom stereocenters. The molecular weight excluding hydrogens is 470 g/mol. The SMILES string of the molecule is CCCCc1ccc(S(=O)(=O)c2cnc(SCC(=O)Nc3ccccc3Cl)[nH]c2=O)cc1. The van der Waals surface area contributed by atoms with Crippen molar-refractivity contribution >= 4 is 44.8 Å². The van der Waals surface area contributed by atoms with Crippen LogP contribution in [0.3, 0.4) is 0 Å². The van der Waals surface area contributed by atoms with Crippen LogP contribution in [0.4, 0.5) is 5.69 Å². The molecule has 0 saturated carbocycles. The molecule has 1 aromatic heterocycles. The van der Waals surface area contributed by atoms with Gasteiger partial charge in [0.05, 0.1) is 27.6 Å². The van der Waals surface area contributed by atoms with Crippen molar-refractivity contribution in [2.75, 3.05) is 11.1 Å². The molecule has 10 heteroatoms. The predicted molar refractivity (Wildman–Crippen MR) is 126 cm³/mol. The number of nitrogens with one attached hydrogen (secondary N) is 2. The van der Waals surface area contributed by atoms with Crippen molar-refractivity contribution in [1.29, 1.82) is 0 Å². The van der Waals surface area contributed by atoms with Gasteiger partial charge in [-0.3, -0.25) is 9.59 Å². The number of aryl methyl sites for hydroxylation is 1. The summed E-state index contributed by atoms with van der Waals surface area (Å²) in [4.78, 5) is 30.6. The summed E-state index contributed by atoms with van der Waals surface area (Å²) in [6.07, 6.45) is 3.96. The molecule has 0 fully saturated rings. The molecule has 0 saturated heterocycles. The fraction of sp³-hybridized carbons (Fsp3) is 0.227. The van der Waals surface area contributed by atoms with Gasteiger partial charge in [0, 0.05) is 0 Å². The van der Waals surface area contributed by atoms with Crippen LogP contribution < -0.4 is 10.9 Å². The topological polar surface area (TPSA) is 109 Å². The van der Waals surface area contributed by atoms with E-state index in [0.717, 1.165) is 42.8 Å². The van der Waals surface area contributed by atoms with Crippen molar-refractivity contribution in [1.82, 2.24) is 9.97 Å². The number of aromatic amines is 1. The lowest BCUT2D eigenvalue weighted by molar-refractivity contribution is -0.113. The van der Waals surface area contributed by atoms with Gasteiger partial charge in [0.1, 0.15) is 0 Å². The molecule has 0 aliphatic carbocycles. The Morgan fingerprint density at radius 2 is 1.88 bits per heavy atom. The van der Waals surface area contributed by atoms with Gasteiger partial charge in [-0.2, -0.15) is 0 Å². The number of para-hydroxylation sites is 1. The van der Waals surface area contributed by atoms with E-state index in [2.05, 4.69) is 22.2 Å². The molecule has 3 aromatic rings. The van der Waals surface area contributed by atoms with Crippen molar-refractivity contribution in [2.24, 2.45) is 0 Å². The van der Waals surface area contributed by atoms with Gasteiger partial charge in [-0.05, 0) is 42.7 Å². The van der Waals surface area contributed by atoms with Crippen LogP contribution in [-0.4, -0.2) is 30.0 Å². The molecule has 0 bridgehead atoms. The number of sulfone groups is 1. The Bertz CT molecular complexity index is 1260. The Morgan fingerprint density at radius 3 is 2.53 bits per heavy atom. The van der Waals surface area contributed by atoms with Gasteiger partial charge in [0.15, 0.2) is 10.1 Å². The van der Waals surface area contributed by atoms with Crippen LogP contribution in [0.25, 0.3) is 0 Å². The van der Waals surface area contributed by atoms with Gasteiger partial charge in [0.25, 0.3) is 5.56 Å². The van der Waals surface area contributed by atoms with E-state index in [0.29, 0.717) is 10.7 Å². The van der Waals surface area contributed by atoms with Gasteiger partial charge in [-0.25, -0.2) is 13.4 Å². The van der Waals surface area contributed by atoms with Crippen molar-refractivity contribution in [2.45, 2.75) is 41.1 Å². The van der Waals surface area contributed by atoms with E-state index in [4.69, 9.17) is 11.6 Å². The first kappa shape index (κ1) is 24.0. The third-order valence-corrected chi connectivity index (χ3v) is 7.55. The highest BCUT2D eigenvalue weighted by molar-refractivity contribution is 7.99. The molecule has 1 heterocycles. The molecule has 2 N–H and O–H groups in total. The van der Waals surface area contributed by atoms with Crippen LogP contribution >= 0.6 is 23.4 Å². The van der Waals surface area contributed by atoms with E-state index in [1.165, 1.54) is 12.1 Å². The van der Waals surface area contributed by atoms with Gasteiger partial charge in [0.2, 0.25) is 15.7 Å². The van der Waals surface area contributed by atoms with Crippen LogP contribution in [0.1, 0.15) is 25.3 Å². The number of carbonyl (C=O) groups excluding carboxylic acids is 1. The number of aromatic nitrogens is 2. The second kappa shape index (κ2) is 10.8. The number of rotatable bonds is 9. The Balaban J connectivity index is 1.68. The summed E-state index contributed by atoms with van der Waals surface area (Å²) in [6, 6.07) is 13.3. The average Bonchev–Trinajstić information content (AvgIpc) is 2.78. The highest BCUT2D eigenvalue weighted by Gasteiger charge is 2.22. The van der Waals surface area contributed by atoms with E-state index in [9.17, 15) is 18.0 Å². The zero-order chi connectivity index (χ0) is 23.1. The minimum absolute atomic E-state index is 0.0320. The summed E-state index contributed by atoms with van der Waals surface area (Å²) >= 11 is 6.99. The lowest BCUT2D eigenvalue weighted by Gasteiger charge is -2.07. The van der Waals surface area contributed by atoms with Gasteiger partial charge in [-0.1, -0.05) is 61.0 Å². The normalized spacial score (nSPS) is 11.3. The quantitative estimate of drug-likeness (QED) is 0.340. The number of nitrogens with zero attached hydrogens (tertiary/aromatic N) is 1. The molecule has 0 aliphatic rings. The molecular formula is C22H22ClN3O4S2. The summed E-state index contributed by atoms with van der Waals surface area (Å²) < 4.78 is 25.7. The second-order valence-electron chi connectivity index (χ2n) is 6.95. The number of unbranched alkanes of at least 4 members (excludes halogenated alkanes) is 1. The molecule has 0 unspecified atom stereocenters. The Hall–Kier alpha value is -2.62. The van der Waals surface area contributed by atoms with E-state index in [-0.39, 0.29) is 21.7 Å². The second-order valence-corrected chi connectivity index (χ2v) is 10.2. The van der Waals surface area contributed by atoms with Crippen LogP contribution in [-0.2, 0) is 21.1 Å². The number of H-pyrrole nitrogens is 1. The summed E-state index contributed by atoms with van der Waals surface area (Å²) in [5.41, 5.74) is 0.729. The minimum atomic E-state index is -4.01. The van der Waals surface area contributed by atoms with Gasteiger partial charge >= 0.3 is 0 Å². The maximum absolute atomic E-state index is 12.8. The first-order valence-electron chi connectivity index (χ1n) is 9.92. The summed E-state index contributed by atoms with van der Waals surface area (Å²) in [5.74, 6) is -0.384. The van der Waals surface area contributed by atoms with Crippen LogP contribution in [0.2, 0.25) is 5.02 Å². The van der Waals surface area contributed by atoms with E-state index in [1.807, 2.05) is 0 Å². The first-order valence-corrected chi connectivity index (χ1v) is 12.8. The van der Waals surface area contributed by atoms with E-state index < -0.39 is 20.3 Å². The number of benzene rings is 2. The fourth-order valence-corrected chi connectivity index (χ4v) is 4.91. The van der Waals surface area contributed by atoms with Crippen molar-refractivity contribution in [3.05, 3.63) is 75.7 Å². The van der Waals surface area contributed by atoms with Gasteiger partial charge < -0.3 is 10.3 Å². The monoisotopic (exact) mass is 491 g/mol. The summed E-state index contributed by atoms with van der Waals surface area (Å²) in [7, 11) is -4.01. The molecule has 3 rings (SSSR count). The van der Waals surface area contributed by atoms with Crippen molar-refractivity contribution in [3.63, 3.8) is 0 Å². The Labute approximate surface area is 195 Å². The summed E-state index contributed by atoms with van der Waals surface area (Å²) in [5, 5.41) is 3.21. The Morgan fingerprint density at radius 1 is 1.16 bits per heavy atom. The predicted octanol–water partition coefficient (Wildman–Crippen LogP) is 4.33. The average molecular weight is 492 g/mol. The van der Waals surface area contributed by atoms with Gasteiger partial charge in [-0.15, -0.1) is 0 Å².